The van der Waals surface area contributed by atoms with Gasteiger partial charge in [0.25, 0.3) is 5.91 Å². The molecule has 0 saturated carbocycles. The third-order valence-corrected chi connectivity index (χ3v) is 4.96. The molecular formula is C19H17Cl2N3O3. The molecule has 0 aromatic heterocycles. The largest absolute Gasteiger partial charge is 0.325 e. The molecule has 1 fully saturated rings. The minimum absolute atomic E-state index is 0.403. The van der Waals surface area contributed by atoms with Crippen molar-refractivity contribution in [1.29, 1.82) is 0 Å². The number of hydrogen-bond acceptors (Lipinski definition) is 3. The minimum Gasteiger partial charge on any atom is -0.324 e. The number of nitrogens with zero attached hydrogens (tertiary/aromatic N) is 1. The first kappa shape index (κ1) is 19.2. The monoisotopic (exact) mass is 405 g/mol. The summed E-state index contributed by atoms with van der Waals surface area (Å²) in [5.41, 5.74) is 0.670. The molecular weight excluding hydrogens is 389 g/mol. The molecule has 27 heavy (non-hydrogen) atoms. The highest BCUT2D eigenvalue weighted by Gasteiger charge is 2.49. The summed E-state index contributed by atoms with van der Waals surface area (Å²) >= 11 is 11.8. The lowest BCUT2D eigenvalue weighted by Gasteiger charge is -2.22. The van der Waals surface area contributed by atoms with Crippen LogP contribution in [0.1, 0.15) is 18.1 Å². The van der Waals surface area contributed by atoms with Crippen LogP contribution in [-0.4, -0.2) is 29.3 Å². The minimum atomic E-state index is -1.26. The molecule has 6 nitrogen and oxygen atoms in total. The lowest BCUT2D eigenvalue weighted by Crippen LogP contribution is -2.42. The Morgan fingerprint density at radius 2 is 1.74 bits per heavy atom. The molecule has 0 unspecified atom stereocenters. The molecule has 2 N–H and O–H groups in total. The van der Waals surface area contributed by atoms with Gasteiger partial charge in [0.1, 0.15) is 12.1 Å². The second-order valence-corrected chi connectivity index (χ2v) is 7.33. The molecule has 2 aromatic rings. The van der Waals surface area contributed by atoms with Crippen LogP contribution >= 0.6 is 23.2 Å². The zero-order valence-corrected chi connectivity index (χ0v) is 16.2. The highest BCUT2D eigenvalue weighted by molar-refractivity contribution is 6.31. The van der Waals surface area contributed by atoms with Crippen molar-refractivity contribution in [3.63, 3.8) is 0 Å². The van der Waals surface area contributed by atoms with Gasteiger partial charge in [0.05, 0.1) is 0 Å². The number of carbonyl (C=O) groups is 3. The van der Waals surface area contributed by atoms with Gasteiger partial charge in [-0.05, 0) is 49.2 Å². The molecule has 2 aromatic carbocycles. The predicted octanol–water partition coefficient (Wildman–Crippen LogP) is 3.71. The maximum atomic E-state index is 12.8. The normalized spacial score (nSPS) is 19.2. The molecule has 3 rings (SSSR count). The van der Waals surface area contributed by atoms with E-state index in [2.05, 4.69) is 10.6 Å². The second-order valence-electron chi connectivity index (χ2n) is 6.46. The first-order chi connectivity index (χ1) is 12.7. The van der Waals surface area contributed by atoms with E-state index in [0.29, 0.717) is 21.3 Å². The lowest BCUT2D eigenvalue weighted by atomic mass is 9.92. The Balaban J connectivity index is 1.76. The van der Waals surface area contributed by atoms with E-state index >= 15 is 0 Å². The van der Waals surface area contributed by atoms with Gasteiger partial charge in [-0.15, -0.1) is 0 Å². The van der Waals surface area contributed by atoms with Crippen LogP contribution in [0.3, 0.4) is 0 Å². The van der Waals surface area contributed by atoms with Crippen molar-refractivity contribution < 1.29 is 14.4 Å². The number of anilines is 1. The molecule has 0 radical (unpaired) electrons. The third kappa shape index (κ3) is 3.77. The van der Waals surface area contributed by atoms with Crippen LogP contribution in [0.15, 0.2) is 42.5 Å². The van der Waals surface area contributed by atoms with Gasteiger partial charge >= 0.3 is 6.03 Å². The van der Waals surface area contributed by atoms with Crippen LogP contribution < -0.4 is 10.6 Å². The van der Waals surface area contributed by atoms with E-state index in [9.17, 15) is 14.4 Å². The van der Waals surface area contributed by atoms with E-state index in [1.165, 1.54) is 0 Å². The van der Waals surface area contributed by atoms with E-state index in [4.69, 9.17) is 23.2 Å². The average Bonchev–Trinajstić information content (AvgIpc) is 2.83. The molecule has 0 spiro atoms. The van der Waals surface area contributed by atoms with Crippen LogP contribution in [0.4, 0.5) is 10.5 Å². The highest BCUT2D eigenvalue weighted by atomic mass is 35.5. The van der Waals surface area contributed by atoms with Crippen LogP contribution in [-0.2, 0) is 15.1 Å². The molecule has 8 heteroatoms. The molecule has 1 aliphatic rings. The number of urea groups is 1. The van der Waals surface area contributed by atoms with Crippen molar-refractivity contribution >= 4 is 46.7 Å². The summed E-state index contributed by atoms with van der Waals surface area (Å²) in [6.45, 7) is 3.01. The molecule has 4 amide bonds. The Hall–Kier alpha value is -2.57. The second kappa shape index (κ2) is 7.21. The number of rotatable bonds is 4. The number of amides is 4. The Labute approximate surface area is 166 Å². The first-order valence-corrected chi connectivity index (χ1v) is 8.92. The fourth-order valence-electron chi connectivity index (χ4n) is 2.88. The summed E-state index contributed by atoms with van der Waals surface area (Å²) in [6, 6.07) is 11.1. The summed E-state index contributed by atoms with van der Waals surface area (Å²) < 4.78 is 0. The quantitative estimate of drug-likeness (QED) is 0.760. The Morgan fingerprint density at radius 1 is 1.11 bits per heavy atom. The van der Waals surface area contributed by atoms with Gasteiger partial charge in [-0.25, -0.2) is 4.79 Å². The number of halogens is 2. The van der Waals surface area contributed by atoms with Crippen LogP contribution in [0.2, 0.25) is 10.0 Å². The van der Waals surface area contributed by atoms with Gasteiger partial charge in [-0.1, -0.05) is 41.4 Å². The van der Waals surface area contributed by atoms with Crippen molar-refractivity contribution in [2.45, 2.75) is 19.4 Å². The topological polar surface area (TPSA) is 78.5 Å². The maximum absolute atomic E-state index is 12.8. The molecule has 1 atom stereocenters. The molecule has 0 aliphatic carbocycles. The lowest BCUT2D eigenvalue weighted by molar-refractivity contribution is -0.133. The Bertz CT molecular complexity index is 930. The number of aryl methyl sites for hydroxylation is 1. The number of hydrogen-bond donors (Lipinski definition) is 2. The van der Waals surface area contributed by atoms with Gasteiger partial charge in [-0.3, -0.25) is 14.5 Å². The number of carbonyl (C=O) groups excluding carboxylic acids is 3. The van der Waals surface area contributed by atoms with Gasteiger partial charge in [0.2, 0.25) is 5.91 Å². The predicted molar refractivity (Wildman–Crippen MR) is 104 cm³/mol. The van der Waals surface area contributed by atoms with Crippen molar-refractivity contribution in [1.82, 2.24) is 10.2 Å². The van der Waals surface area contributed by atoms with E-state index in [1.807, 2.05) is 6.92 Å². The van der Waals surface area contributed by atoms with E-state index in [1.54, 1.807) is 49.4 Å². The molecule has 1 heterocycles. The van der Waals surface area contributed by atoms with Crippen molar-refractivity contribution in [3.8, 4) is 0 Å². The summed E-state index contributed by atoms with van der Waals surface area (Å²) in [4.78, 5) is 38.4. The van der Waals surface area contributed by atoms with Crippen molar-refractivity contribution in [2.24, 2.45) is 0 Å². The molecule has 1 saturated heterocycles. The van der Waals surface area contributed by atoms with Gasteiger partial charge < -0.3 is 10.6 Å². The van der Waals surface area contributed by atoms with E-state index in [0.717, 1.165) is 10.5 Å². The van der Waals surface area contributed by atoms with Crippen LogP contribution in [0.25, 0.3) is 0 Å². The maximum Gasteiger partial charge on any atom is 0.325 e. The summed E-state index contributed by atoms with van der Waals surface area (Å²) in [7, 11) is 0. The summed E-state index contributed by atoms with van der Waals surface area (Å²) in [5.74, 6) is -1.00. The van der Waals surface area contributed by atoms with Crippen molar-refractivity contribution in [2.75, 3.05) is 11.9 Å². The van der Waals surface area contributed by atoms with Crippen molar-refractivity contribution in [3.05, 3.63) is 63.6 Å². The summed E-state index contributed by atoms with van der Waals surface area (Å²) in [5, 5.41) is 6.32. The van der Waals surface area contributed by atoms with Gasteiger partial charge in [0, 0.05) is 15.7 Å². The fraction of sp³-hybridized carbons (Fsp3) is 0.211. The standard InChI is InChI=1S/C19H17Cl2N3O3/c1-11-3-6-14(21)9-15(11)22-16(25)10-24-17(26)19(2,23-18(24)27)12-4-7-13(20)8-5-12/h3-9H,10H2,1-2H3,(H,22,25)(H,23,27)/t19-/m0/s1. The Morgan fingerprint density at radius 3 is 2.41 bits per heavy atom. The summed E-state index contributed by atoms with van der Waals surface area (Å²) in [6.07, 6.45) is 0. The SMILES string of the molecule is Cc1ccc(Cl)cc1NC(=O)CN1C(=O)N[C@@](C)(c2ccc(Cl)cc2)C1=O. The molecule has 0 bridgehead atoms. The average molecular weight is 406 g/mol. The highest BCUT2D eigenvalue weighted by Crippen LogP contribution is 2.29. The molecule has 140 valence electrons. The van der Waals surface area contributed by atoms with Crippen LogP contribution in [0, 0.1) is 6.92 Å². The number of imide groups is 1. The smallest absolute Gasteiger partial charge is 0.324 e. The number of benzene rings is 2. The molecule has 1 aliphatic heterocycles. The van der Waals surface area contributed by atoms with Gasteiger partial charge in [-0.2, -0.15) is 0 Å². The number of nitrogens with one attached hydrogen (secondary N) is 2. The fourth-order valence-corrected chi connectivity index (χ4v) is 3.18. The zero-order valence-electron chi connectivity index (χ0n) is 14.7. The first-order valence-electron chi connectivity index (χ1n) is 8.17. The third-order valence-electron chi connectivity index (χ3n) is 4.47. The van der Waals surface area contributed by atoms with E-state index < -0.39 is 29.9 Å². The van der Waals surface area contributed by atoms with E-state index in [-0.39, 0.29) is 0 Å². The van der Waals surface area contributed by atoms with Crippen LogP contribution in [0.5, 0.6) is 0 Å². The zero-order chi connectivity index (χ0) is 19.8. The Kier molecular flexibility index (Phi) is 5.13. The van der Waals surface area contributed by atoms with Gasteiger partial charge in [0.15, 0.2) is 0 Å².